The Labute approximate surface area is 108 Å². The molecule has 18 heavy (non-hydrogen) atoms. The van der Waals surface area contributed by atoms with Gasteiger partial charge in [0.05, 0.1) is 13.7 Å². The molecule has 0 atom stereocenters. The van der Waals surface area contributed by atoms with Gasteiger partial charge in [-0.25, -0.2) is 0 Å². The summed E-state index contributed by atoms with van der Waals surface area (Å²) in [6, 6.07) is 0. The van der Waals surface area contributed by atoms with Crippen molar-refractivity contribution in [3.8, 4) is 0 Å². The SMILES string of the molecule is CCOC(=O)CCC1=C(OC)CC(C)(C)CC1=O. The first-order valence-corrected chi connectivity index (χ1v) is 6.34. The number of ether oxygens (including phenoxy) is 2. The van der Waals surface area contributed by atoms with Crippen LogP contribution >= 0.6 is 0 Å². The molecule has 4 nitrogen and oxygen atoms in total. The summed E-state index contributed by atoms with van der Waals surface area (Å²) in [5.41, 5.74) is 0.598. The summed E-state index contributed by atoms with van der Waals surface area (Å²) < 4.78 is 10.2. The quantitative estimate of drug-likeness (QED) is 0.708. The van der Waals surface area contributed by atoms with Crippen molar-refractivity contribution in [2.45, 2.75) is 46.5 Å². The first-order chi connectivity index (χ1) is 8.39. The van der Waals surface area contributed by atoms with Crippen LogP contribution in [0.4, 0.5) is 0 Å². The molecule has 0 unspecified atom stereocenters. The van der Waals surface area contributed by atoms with Crippen LogP contribution in [0.1, 0.15) is 46.5 Å². The molecule has 1 aliphatic carbocycles. The Morgan fingerprint density at radius 3 is 2.56 bits per heavy atom. The summed E-state index contributed by atoms with van der Waals surface area (Å²) in [7, 11) is 1.58. The summed E-state index contributed by atoms with van der Waals surface area (Å²) in [6.07, 6.45) is 1.91. The number of methoxy groups -OCH3 is 1. The number of Topliss-reactive ketones (excluding diaryl/α,β-unsaturated/α-hetero) is 1. The van der Waals surface area contributed by atoms with Crippen molar-refractivity contribution < 1.29 is 19.1 Å². The molecule has 0 spiro atoms. The molecule has 0 amide bonds. The number of allylic oxidation sites excluding steroid dienone is 2. The predicted molar refractivity (Wildman–Crippen MR) is 67.9 cm³/mol. The highest BCUT2D eigenvalue weighted by Gasteiger charge is 2.33. The van der Waals surface area contributed by atoms with E-state index in [2.05, 4.69) is 0 Å². The highest BCUT2D eigenvalue weighted by Crippen LogP contribution is 2.38. The van der Waals surface area contributed by atoms with Crippen LogP contribution in [0, 0.1) is 5.41 Å². The third-order valence-corrected chi connectivity index (χ3v) is 3.08. The van der Waals surface area contributed by atoms with Crippen molar-refractivity contribution in [2.24, 2.45) is 5.41 Å². The van der Waals surface area contributed by atoms with Crippen LogP contribution in [0.2, 0.25) is 0 Å². The highest BCUT2D eigenvalue weighted by atomic mass is 16.5. The molecule has 0 aliphatic heterocycles. The van der Waals surface area contributed by atoms with E-state index >= 15 is 0 Å². The van der Waals surface area contributed by atoms with Gasteiger partial charge in [0.2, 0.25) is 0 Å². The Kier molecular flexibility index (Phi) is 4.93. The zero-order valence-corrected chi connectivity index (χ0v) is 11.7. The van der Waals surface area contributed by atoms with E-state index < -0.39 is 0 Å². The zero-order valence-electron chi connectivity index (χ0n) is 11.7. The molecule has 0 aromatic heterocycles. The van der Waals surface area contributed by atoms with E-state index in [9.17, 15) is 9.59 Å². The van der Waals surface area contributed by atoms with Crippen molar-refractivity contribution >= 4 is 11.8 Å². The van der Waals surface area contributed by atoms with Crippen molar-refractivity contribution in [2.75, 3.05) is 13.7 Å². The Balaban J connectivity index is 2.74. The van der Waals surface area contributed by atoms with Gasteiger partial charge >= 0.3 is 5.97 Å². The van der Waals surface area contributed by atoms with Gasteiger partial charge in [-0.2, -0.15) is 0 Å². The van der Waals surface area contributed by atoms with Crippen LogP contribution in [0.5, 0.6) is 0 Å². The van der Waals surface area contributed by atoms with E-state index in [-0.39, 0.29) is 23.6 Å². The van der Waals surface area contributed by atoms with Gasteiger partial charge in [-0.05, 0) is 18.8 Å². The van der Waals surface area contributed by atoms with Gasteiger partial charge in [0, 0.05) is 24.8 Å². The van der Waals surface area contributed by atoms with Crippen LogP contribution in [-0.4, -0.2) is 25.5 Å². The normalized spacial score (nSPS) is 18.8. The molecule has 0 N–H and O–H groups in total. The van der Waals surface area contributed by atoms with E-state index in [1.165, 1.54) is 0 Å². The second kappa shape index (κ2) is 6.03. The van der Waals surface area contributed by atoms with E-state index in [0.29, 0.717) is 25.0 Å². The first kappa shape index (κ1) is 14.7. The lowest BCUT2D eigenvalue weighted by atomic mass is 9.75. The van der Waals surface area contributed by atoms with Gasteiger partial charge < -0.3 is 9.47 Å². The topological polar surface area (TPSA) is 52.6 Å². The average molecular weight is 254 g/mol. The number of carbonyl (C=O) groups excluding carboxylic acids is 2. The largest absolute Gasteiger partial charge is 0.501 e. The number of hydrogen-bond acceptors (Lipinski definition) is 4. The van der Waals surface area contributed by atoms with Crippen LogP contribution in [0.3, 0.4) is 0 Å². The molecule has 0 bridgehead atoms. The Bertz CT molecular complexity index is 366. The fraction of sp³-hybridized carbons (Fsp3) is 0.714. The minimum Gasteiger partial charge on any atom is -0.501 e. The zero-order chi connectivity index (χ0) is 13.8. The van der Waals surface area contributed by atoms with Crippen LogP contribution in [0.25, 0.3) is 0 Å². The summed E-state index contributed by atoms with van der Waals surface area (Å²) in [5.74, 6) is 0.547. The lowest BCUT2D eigenvalue weighted by Crippen LogP contribution is -2.26. The third-order valence-electron chi connectivity index (χ3n) is 3.08. The number of hydrogen-bond donors (Lipinski definition) is 0. The average Bonchev–Trinajstić information content (AvgIpc) is 2.26. The van der Waals surface area contributed by atoms with Crippen LogP contribution < -0.4 is 0 Å². The minimum absolute atomic E-state index is 0.0597. The molecule has 1 aliphatic rings. The molecular formula is C14H22O4. The van der Waals surface area contributed by atoms with Crippen LogP contribution in [0.15, 0.2) is 11.3 Å². The van der Waals surface area contributed by atoms with Gasteiger partial charge in [0.25, 0.3) is 0 Å². The van der Waals surface area contributed by atoms with Crippen molar-refractivity contribution in [3.05, 3.63) is 11.3 Å². The number of esters is 1. The molecule has 102 valence electrons. The van der Waals surface area contributed by atoms with Gasteiger partial charge in [0.1, 0.15) is 5.76 Å². The Hall–Kier alpha value is -1.32. The van der Waals surface area contributed by atoms with Gasteiger partial charge in [0.15, 0.2) is 5.78 Å². The minimum atomic E-state index is -0.266. The third kappa shape index (κ3) is 3.86. The molecule has 0 heterocycles. The predicted octanol–water partition coefficient (Wildman–Crippen LogP) is 2.62. The summed E-state index contributed by atoms with van der Waals surface area (Å²) >= 11 is 0. The van der Waals surface area contributed by atoms with Crippen molar-refractivity contribution in [3.63, 3.8) is 0 Å². The summed E-state index contributed by atoms with van der Waals surface area (Å²) in [5, 5.41) is 0. The summed E-state index contributed by atoms with van der Waals surface area (Å²) in [4.78, 5) is 23.4. The number of carbonyl (C=O) groups is 2. The second-order valence-corrected chi connectivity index (χ2v) is 5.35. The molecule has 1 rings (SSSR count). The Morgan fingerprint density at radius 1 is 1.33 bits per heavy atom. The van der Waals surface area contributed by atoms with Gasteiger partial charge in [-0.15, -0.1) is 0 Å². The summed E-state index contributed by atoms with van der Waals surface area (Å²) in [6.45, 7) is 6.24. The van der Waals surface area contributed by atoms with Crippen molar-refractivity contribution in [1.82, 2.24) is 0 Å². The van der Waals surface area contributed by atoms with Gasteiger partial charge in [-0.1, -0.05) is 13.8 Å². The van der Waals surface area contributed by atoms with E-state index in [1.54, 1.807) is 14.0 Å². The molecule has 0 radical (unpaired) electrons. The number of ketones is 1. The van der Waals surface area contributed by atoms with E-state index in [0.717, 1.165) is 12.2 Å². The Morgan fingerprint density at radius 2 is 2.00 bits per heavy atom. The standard InChI is InChI=1S/C14H22O4/c1-5-18-13(16)7-6-10-11(15)8-14(2,3)9-12(10)17-4/h5-9H2,1-4H3. The first-order valence-electron chi connectivity index (χ1n) is 6.34. The van der Waals surface area contributed by atoms with Crippen LogP contribution in [-0.2, 0) is 19.1 Å². The highest BCUT2D eigenvalue weighted by molar-refractivity contribution is 5.97. The lowest BCUT2D eigenvalue weighted by molar-refractivity contribution is -0.143. The molecule has 4 heteroatoms. The molecular weight excluding hydrogens is 232 g/mol. The molecule has 0 saturated heterocycles. The maximum atomic E-state index is 12.1. The smallest absolute Gasteiger partial charge is 0.306 e. The van der Waals surface area contributed by atoms with E-state index in [4.69, 9.17) is 9.47 Å². The molecule has 0 fully saturated rings. The lowest BCUT2D eigenvalue weighted by Gasteiger charge is -2.31. The fourth-order valence-electron chi connectivity index (χ4n) is 2.24. The maximum Gasteiger partial charge on any atom is 0.306 e. The number of rotatable bonds is 5. The second-order valence-electron chi connectivity index (χ2n) is 5.35. The van der Waals surface area contributed by atoms with Gasteiger partial charge in [-0.3, -0.25) is 9.59 Å². The maximum absolute atomic E-state index is 12.1. The van der Waals surface area contributed by atoms with E-state index in [1.807, 2.05) is 13.8 Å². The molecule has 0 saturated carbocycles. The van der Waals surface area contributed by atoms with Crippen molar-refractivity contribution in [1.29, 1.82) is 0 Å². The monoisotopic (exact) mass is 254 g/mol. The molecule has 0 aromatic carbocycles. The fourth-order valence-corrected chi connectivity index (χ4v) is 2.24. The molecule has 0 aromatic rings.